The highest BCUT2D eigenvalue weighted by molar-refractivity contribution is 4.76. The number of rotatable bonds is 3. The fourth-order valence-corrected chi connectivity index (χ4v) is 1.54. The molecule has 0 unspecified atom stereocenters. The second-order valence-electron chi connectivity index (χ2n) is 3.27. The predicted molar refractivity (Wildman–Crippen MR) is 47.6 cm³/mol. The third-order valence-corrected chi connectivity index (χ3v) is 2.39. The Morgan fingerprint density at radius 3 is 3.09 bits per heavy atom. The van der Waals surface area contributed by atoms with Gasteiger partial charge in [-0.2, -0.15) is 0 Å². The Morgan fingerprint density at radius 1 is 1.64 bits per heavy atom. The van der Waals surface area contributed by atoms with Gasteiger partial charge >= 0.3 is 0 Å². The van der Waals surface area contributed by atoms with E-state index in [1.807, 2.05) is 0 Å². The van der Waals surface area contributed by atoms with Crippen LogP contribution in [0.1, 0.15) is 12.8 Å². The van der Waals surface area contributed by atoms with Crippen molar-refractivity contribution in [3.8, 4) is 0 Å². The van der Waals surface area contributed by atoms with Crippen molar-refractivity contribution in [1.29, 1.82) is 0 Å². The van der Waals surface area contributed by atoms with E-state index in [1.54, 1.807) is 0 Å². The van der Waals surface area contributed by atoms with Gasteiger partial charge in [-0.3, -0.25) is 0 Å². The summed E-state index contributed by atoms with van der Waals surface area (Å²) in [7, 11) is 2.20. The van der Waals surface area contributed by atoms with E-state index in [1.165, 1.54) is 13.0 Å². The molecule has 3 N–H and O–H groups in total. The van der Waals surface area contributed by atoms with Crippen LogP contribution < -0.4 is 11.1 Å². The summed E-state index contributed by atoms with van der Waals surface area (Å²) in [6.07, 6.45) is 2.39. The average Bonchev–Trinajstić information content (AvgIpc) is 2.03. The molecule has 1 fully saturated rings. The molecule has 1 rings (SSSR count). The van der Waals surface area contributed by atoms with E-state index in [0.717, 1.165) is 26.1 Å². The zero-order valence-corrected chi connectivity index (χ0v) is 7.34. The molecule has 1 aliphatic rings. The third kappa shape index (κ3) is 2.77. The van der Waals surface area contributed by atoms with E-state index in [-0.39, 0.29) is 0 Å². The highest BCUT2D eigenvalue weighted by Gasteiger charge is 2.16. The maximum atomic E-state index is 5.45. The first-order chi connectivity index (χ1) is 5.34. The average molecular weight is 157 g/mol. The third-order valence-electron chi connectivity index (χ3n) is 2.39. The van der Waals surface area contributed by atoms with Crippen LogP contribution in [0.4, 0.5) is 0 Å². The largest absolute Gasteiger partial charge is 0.330 e. The standard InChI is InChI=1S/C8H19N3/c1-11-6-5-10-7-8(11)3-2-4-9/h8,10H,2-7,9H2,1H3/t8-/m0/s1. The molecule has 1 saturated heterocycles. The second-order valence-corrected chi connectivity index (χ2v) is 3.27. The van der Waals surface area contributed by atoms with Gasteiger partial charge in [0.1, 0.15) is 0 Å². The van der Waals surface area contributed by atoms with Crippen LogP contribution in [0.2, 0.25) is 0 Å². The molecule has 0 aromatic rings. The van der Waals surface area contributed by atoms with Gasteiger partial charge in [0.05, 0.1) is 0 Å². The maximum absolute atomic E-state index is 5.45. The van der Waals surface area contributed by atoms with Gasteiger partial charge in [0.25, 0.3) is 0 Å². The highest BCUT2D eigenvalue weighted by Crippen LogP contribution is 2.05. The highest BCUT2D eigenvalue weighted by atomic mass is 15.2. The Kier molecular flexibility index (Phi) is 3.83. The number of hydrogen-bond acceptors (Lipinski definition) is 3. The van der Waals surface area contributed by atoms with E-state index >= 15 is 0 Å². The Bertz CT molecular complexity index is 106. The molecule has 3 nitrogen and oxygen atoms in total. The summed E-state index contributed by atoms with van der Waals surface area (Å²) >= 11 is 0. The number of hydrogen-bond donors (Lipinski definition) is 2. The van der Waals surface area contributed by atoms with Crippen LogP contribution in [0.25, 0.3) is 0 Å². The summed E-state index contributed by atoms with van der Waals surface area (Å²) < 4.78 is 0. The van der Waals surface area contributed by atoms with Gasteiger partial charge in [0.2, 0.25) is 0 Å². The summed E-state index contributed by atoms with van der Waals surface area (Å²) in [6.45, 7) is 4.27. The lowest BCUT2D eigenvalue weighted by atomic mass is 10.1. The molecule has 0 radical (unpaired) electrons. The van der Waals surface area contributed by atoms with Crippen molar-refractivity contribution in [3.05, 3.63) is 0 Å². The first-order valence-corrected chi connectivity index (χ1v) is 4.45. The van der Waals surface area contributed by atoms with Gasteiger partial charge in [0.15, 0.2) is 0 Å². The number of nitrogens with one attached hydrogen (secondary N) is 1. The second kappa shape index (κ2) is 4.70. The minimum atomic E-state index is 0.715. The van der Waals surface area contributed by atoms with E-state index in [4.69, 9.17) is 5.73 Å². The lowest BCUT2D eigenvalue weighted by Crippen LogP contribution is -2.49. The lowest BCUT2D eigenvalue weighted by molar-refractivity contribution is 0.189. The van der Waals surface area contributed by atoms with Crippen molar-refractivity contribution in [2.24, 2.45) is 5.73 Å². The number of piperazine rings is 1. The molecule has 11 heavy (non-hydrogen) atoms. The van der Waals surface area contributed by atoms with Crippen LogP contribution in [-0.2, 0) is 0 Å². The maximum Gasteiger partial charge on any atom is 0.0218 e. The molecular formula is C8H19N3. The Labute approximate surface area is 68.9 Å². The van der Waals surface area contributed by atoms with Gasteiger partial charge in [-0.15, -0.1) is 0 Å². The molecule has 66 valence electrons. The molecule has 1 atom stereocenters. The molecule has 1 heterocycles. The molecule has 0 spiro atoms. The molecule has 0 aromatic heterocycles. The summed E-state index contributed by atoms with van der Waals surface area (Å²) in [5.74, 6) is 0. The zero-order chi connectivity index (χ0) is 8.10. The molecule has 0 aromatic carbocycles. The smallest absolute Gasteiger partial charge is 0.0218 e. The first-order valence-electron chi connectivity index (χ1n) is 4.45. The Hall–Kier alpha value is -0.120. The van der Waals surface area contributed by atoms with Crippen LogP contribution in [0.15, 0.2) is 0 Å². The quantitative estimate of drug-likeness (QED) is 0.587. The number of likely N-dealkylation sites (N-methyl/N-ethyl adjacent to an activating group) is 1. The van der Waals surface area contributed by atoms with Crippen LogP contribution in [0.5, 0.6) is 0 Å². The van der Waals surface area contributed by atoms with Crippen LogP contribution >= 0.6 is 0 Å². The van der Waals surface area contributed by atoms with Gasteiger partial charge in [0, 0.05) is 25.7 Å². The molecule has 1 aliphatic heterocycles. The summed E-state index contributed by atoms with van der Waals surface area (Å²) in [4.78, 5) is 2.42. The minimum absolute atomic E-state index is 0.715. The van der Waals surface area contributed by atoms with Gasteiger partial charge in [-0.1, -0.05) is 0 Å². The Morgan fingerprint density at radius 2 is 2.45 bits per heavy atom. The number of nitrogens with zero attached hydrogens (tertiary/aromatic N) is 1. The van der Waals surface area contributed by atoms with Crippen molar-refractivity contribution in [3.63, 3.8) is 0 Å². The van der Waals surface area contributed by atoms with E-state index < -0.39 is 0 Å². The Balaban J connectivity index is 2.18. The first kappa shape index (κ1) is 8.97. The van der Waals surface area contributed by atoms with Crippen molar-refractivity contribution in [2.75, 3.05) is 33.2 Å². The fourth-order valence-electron chi connectivity index (χ4n) is 1.54. The SMILES string of the molecule is CN1CCNC[C@@H]1CCCN. The normalized spacial score (nSPS) is 27.3. The lowest BCUT2D eigenvalue weighted by Gasteiger charge is -2.32. The molecule has 0 amide bonds. The molecule has 0 aliphatic carbocycles. The van der Waals surface area contributed by atoms with Crippen LogP contribution in [0, 0.1) is 0 Å². The van der Waals surface area contributed by atoms with Gasteiger partial charge < -0.3 is 16.0 Å². The van der Waals surface area contributed by atoms with E-state index in [2.05, 4.69) is 17.3 Å². The molecule has 3 heteroatoms. The van der Waals surface area contributed by atoms with Gasteiger partial charge in [-0.25, -0.2) is 0 Å². The predicted octanol–water partition coefficient (Wildman–Crippen LogP) is -0.371. The van der Waals surface area contributed by atoms with Gasteiger partial charge in [-0.05, 0) is 26.4 Å². The monoisotopic (exact) mass is 157 g/mol. The van der Waals surface area contributed by atoms with Crippen LogP contribution in [-0.4, -0.2) is 44.2 Å². The van der Waals surface area contributed by atoms with E-state index in [0.29, 0.717) is 6.04 Å². The fraction of sp³-hybridized carbons (Fsp3) is 1.00. The summed E-state index contributed by atoms with van der Waals surface area (Å²) in [5, 5.41) is 3.39. The minimum Gasteiger partial charge on any atom is -0.330 e. The summed E-state index contributed by atoms with van der Waals surface area (Å²) in [5.41, 5.74) is 5.45. The topological polar surface area (TPSA) is 41.3 Å². The molecule has 0 bridgehead atoms. The van der Waals surface area contributed by atoms with Crippen molar-refractivity contribution in [1.82, 2.24) is 10.2 Å². The zero-order valence-electron chi connectivity index (χ0n) is 7.34. The van der Waals surface area contributed by atoms with Crippen molar-refractivity contribution >= 4 is 0 Å². The number of nitrogens with two attached hydrogens (primary N) is 1. The summed E-state index contributed by atoms with van der Waals surface area (Å²) in [6, 6.07) is 0.715. The molecular weight excluding hydrogens is 138 g/mol. The van der Waals surface area contributed by atoms with Crippen LogP contribution in [0.3, 0.4) is 0 Å². The van der Waals surface area contributed by atoms with Crippen molar-refractivity contribution < 1.29 is 0 Å². The van der Waals surface area contributed by atoms with E-state index in [9.17, 15) is 0 Å². The molecule has 0 saturated carbocycles. The van der Waals surface area contributed by atoms with Crippen molar-refractivity contribution in [2.45, 2.75) is 18.9 Å².